The summed E-state index contributed by atoms with van der Waals surface area (Å²) in [6.45, 7) is 3.49. The second-order valence-corrected chi connectivity index (χ2v) is 9.44. The van der Waals surface area contributed by atoms with Gasteiger partial charge in [-0.25, -0.2) is 4.39 Å². The summed E-state index contributed by atoms with van der Waals surface area (Å²) in [5.74, 6) is -0.598. The minimum Gasteiger partial charge on any atom is -0.355 e. The summed E-state index contributed by atoms with van der Waals surface area (Å²) in [6.07, 6.45) is 1.86. The van der Waals surface area contributed by atoms with Crippen LogP contribution in [-0.4, -0.2) is 36.3 Å². The molecule has 7 heteroatoms. The van der Waals surface area contributed by atoms with E-state index in [-0.39, 0.29) is 29.0 Å². The number of hydrogen-bond acceptors (Lipinski definition) is 2. The summed E-state index contributed by atoms with van der Waals surface area (Å²) >= 11 is 12.6. The fourth-order valence-corrected chi connectivity index (χ4v) is 5.85. The third-order valence-corrected chi connectivity index (χ3v) is 7.56. The Bertz CT molecular complexity index is 967. The van der Waals surface area contributed by atoms with Crippen LogP contribution in [0.5, 0.6) is 0 Å². The lowest BCUT2D eigenvalue weighted by Crippen LogP contribution is -2.53. The normalized spacial score (nSPS) is 21.6. The third kappa shape index (κ3) is 4.31. The Kier molecular flexibility index (Phi) is 6.27. The van der Waals surface area contributed by atoms with Crippen molar-refractivity contribution in [1.82, 2.24) is 10.2 Å². The molecule has 2 amide bonds. The molecule has 31 heavy (non-hydrogen) atoms. The van der Waals surface area contributed by atoms with E-state index in [2.05, 4.69) is 5.32 Å². The Morgan fingerprint density at radius 2 is 1.74 bits per heavy atom. The van der Waals surface area contributed by atoms with Crippen LogP contribution in [-0.2, 0) is 9.59 Å². The Morgan fingerprint density at radius 3 is 2.35 bits per heavy atom. The molecule has 2 aliphatic heterocycles. The molecule has 0 aromatic heterocycles. The SMILES string of the molecule is C[C@H](C(=O)N1CCC2(CC1)CC(=O)NC[C@H]2c1ccc(F)cc1)c1c(Cl)cccc1Cl. The van der Waals surface area contributed by atoms with E-state index in [9.17, 15) is 14.0 Å². The molecule has 1 spiro atoms. The molecule has 2 fully saturated rings. The molecule has 0 bridgehead atoms. The molecule has 1 N–H and O–H groups in total. The summed E-state index contributed by atoms with van der Waals surface area (Å²) in [7, 11) is 0. The van der Waals surface area contributed by atoms with Gasteiger partial charge in [0.15, 0.2) is 0 Å². The molecular weight excluding hydrogens is 438 g/mol. The van der Waals surface area contributed by atoms with E-state index >= 15 is 0 Å². The first-order chi connectivity index (χ1) is 14.8. The van der Waals surface area contributed by atoms with Crippen LogP contribution in [0.25, 0.3) is 0 Å². The van der Waals surface area contributed by atoms with Gasteiger partial charge in [0.2, 0.25) is 11.8 Å². The molecule has 2 aromatic rings. The number of hydrogen-bond donors (Lipinski definition) is 1. The minimum atomic E-state index is -0.446. The third-order valence-electron chi connectivity index (χ3n) is 6.90. The van der Waals surface area contributed by atoms with Crippen molar-refractivity contribution < 1.29 is 14.0 Å². The number of piperidine rings is 2. The molecule has 0 saturated carbocycles. The number of nitrogens with zero attached hydrogens (tertiary/aromatic N) is 1. The standard InChI is InChI=1S/C24H25Cl2FN2O2/c1-15(22-19(25)3-2-4-20(22)26)23(31)29-11-9-24(10-12-29)13-21(30)28-14-18(24)16-5-7-17(27)8-6-16/h2-8,15,18H,9-14H2,1H3,(H,28,30)/t15-,18-/m0/s1. The van der Waals surface area contributed by atoms with Gasteiger partial charge in [-0.05, 0) is 55.0 Å². The zero-order chi connectivity index (χ0) is 22.2. The van der Waals surface area contributed by atoms with Gasteiger partial charge in [0.05, 0.1) is 5.92 Å². The van der Waals surface area contributed by atoms with E-state index in [0.29, 0.717) is 41.7 Å². The Hall–Kier alpha value is -2.11. The molecule has 4 nitrogen and oxygen atoms in total. The average molecular weight is 463 g/mol. The van der Waals surface area contributed by atoms with Gasteiger partial charge in [0, 0.05) is 47.6 Å². The van der Waals surface area contributed by atoms with E-state index in [1.54, 1.807) is 30.3 Å². The van der Waals surface area contributed by atoms with Gasteiger partial charge in [-0.1, -0.05) is 41.4 Å². The summed E-state index contributed by atoms with van der Waals surface area (Å²) < 4.78 is 13.4. The van der Waals surface area contributed by atoms with Crippen LogP contribution in [0.1, 0.15) is 49.1 Å². The second kappa shape index (κ2) is 8.79. The van der Waals surface area contributed by atoms with Gasteiger partial charge in [-0.2, -0.15) is 0 Å². The van der Waals surface area contributed by atoms with Crippen molar-refractivity contribution in [2.45, 2.75) is 38.0 Å². The van der Waals surface area contributed by atoms with Crippen molar-refractivity contribution in [3.63, 3.8) is 0 Å². The molecule has 2 atom stereocenters. The van der Waals surface area contributed by atoms with Crippen molar-refractivity contribution in [3.05, 3.63) is 69.5 Å². The van der Waals surface area contributed by atoms with Crippen LogP contribution >= 0.6 is 23.2 Å². The highest BCUT2D eigenvalue weighted by Crippen LogP contribution is 2.49. The van der Waals surface area contributed by atoms with Crippen LogP contribution in [0.3, 0.4) is 0 Å². The number of carbonyl (C=O) groups is 2. The van der Waals surface area contributed by atoms with E-state index in [0.717, 1.165) is 18.4 Å². The van der Waals surface area contributed by atoms with Crippen LogP contribution in [0.4, 0.5) is 4.39 Å². The lowest BCUT2D eigenvalue weighted by Gasteiger charge is -2.49. The first kappa shape index (κ1) is 22.1. The largest absolute Gasteiger partial charge is 0.355 e. The monoisotopic (exact) mass is 462 g/mol. The molecule has 4 rings (SSSR count). The average Bonchev–Trinajstić information content (AvgIpc) is 2.74. The topological polar surface area (TPSA) is 49.4 Å². The van der Waals surface area contributed by atoms with E-state index in [1.807, 2.05) is 11.8 Å². The summed E-state index contributed by atoms with van der Waals surface area (Å²) in [5.41, 5.74) is 1.44. The van der Waals surface area contributed by atoms with Crippen molar-refractivity contribution in [1.29, 1.82) is 0 Å². The predicted octanol–water partition coefficient (Wildman–Crippen LogP) is 5.15. The van der Waals surface area contributed by atoms with Crippen molar-refractivity contribution >= 4 is 35.0 Å². The molecule has 2 saturated heterocycles. The molecule has 2 aliphatic rings. The first-order valence-electron chi connectivity index (χ1n) is 10.6. The number of halogens is 3. The lowest BCUT2D eigenvalue weighted by molar-refractivity contribution is -0.136. The molecule has 0 aliphatic carbocycles. The summed E-state index contributed by atoms with van der Waals surface area (Å²) in [5, 5.41) is 3.94. The number of carbonyl (C=O) groups excluding carboxylic acids is 2. The zero-order valence-corrected chi connectivity index (χ0v) is 18.8. The van der Waals surface area contributed by atoms with Crippen molar-refractivity contribution in [2.75, 3.05) is 19.6 Å². The van der Waals surface area contributed by atoms with Gasteiger partial charge in [0.1, 0.15) is 5.82 Å². The maximum absolute atomic E-state index is 13.4. The van der Waals surface area contributed by atoms with E-state index in [1.165, 1.54) is 12.1 Å². The van der Waals surface area contributed by atoms with Gasteiger partial charge in [0.25, 0.3) is 0 Å². The van der Waals surface area contributed by atoms with Crippen LogP contribution in [0, 0.1) is 11.2 Å². The Morgan fingerprint density at radius 1 is 1.13 bits per heavy atom. The number of benzene rings is 2. The highest BCUT2D eigenvalue weighted by molar-refractivity contribution is 6.36. The fraction of sp³-hybridized carbons (Fsp3) is 0.417. The molecule has 0 radical (unpaired) electrons. The predicted molar refractivity (Wildman–Crippen MR) is 120 cm³/mol. The molecule has 0 unspecified atom stereocenters. The quantitative estimate of drug-likeness (QED) is 0.685. The van der Waals surface area contributed by atoms with Gasteiger partial charge in [-0.15, -0.1) is 0 Å². The smallest absolute Gasteiger partial charge is 0.229 e. The lowest BCUT2D eigenvalue weighted by atomic mass is 9.62. The number of rotatable bonds is 3. The van der Waals surface area contributed by atoms with Crippen molar-refractivity contribution in [2.24, 2.45) is 5.41 Å². The summed E-state index contributed by atoms with van der Waals surface area (Å²) in [6, 6.07) is 11.8. The van der Waals surface area contributed by atoms with Crippen LogP contribution in [0.2, 0.25) is 10.0 Å². The number of nitrogens with one attached hydrogen (secondary N) is 1. The van der Waals surface area contributed by atoms with Crippen molar-refractivity contribution in [3.8, 4) is 0 Å². The Balaban J connectivity index is 1.52. The van der Waals surface area contributed by atoms with Gasteiger partial charge in [-0.3, -0.25) is 9.59 Å². The highest BCUT2D eigenvalue weighted by atomic mass is 35.5. The van der Waals surface area contributed by atoms with Crippen LogP contribution in [0.15, 0.2) is 42.5 Å². The molecule has 2 heterocycles. The molecule has 164 valence electrons. The zero-order valence-electron chi connectivity index (χ0n) is 17.3. The highest BCUT2D eigenvalue weighted by Gasteiger charge is 2.47. The maximum atomic E-state index is 13.4. The molecular formula is C24H25Cl2FN2O2. The van der Waals surface area contributed by atoms with Gasteiger partial charge >= 0.3 is 0 Å². The van der Waals surface area contributed by atoms with Gasteiger partial charge < -0.3 is 10.2 Å². The van der Waals surface area contributed by atoms with E-state index in [4.69, 9.17) is 23.2 Å². The maximum Gasteiger partial charge on any atom is 0.229 e. The minimum absolute atomic E-state index is 0.0107. The number of likely N-dealkylation sites (tertiary alicyclic amines) is 1. The molecule has 2 aromatic carbocycles. The van der Waals surface area contributed by atoms with E-state index < -0.39 is 5.92 Å². The second-order valence-electron chi connectivity index (χ2n) is 8.63. The van der Waals surface area contributed by atoms with Crippen LogP contribution < -0.4 is 5.32 Å². The Labute approximate surface area is 191 Å². The number of amides is 2. The first-order valence-corrected chi connectivity index (χ1v) is 11.3. The summed E-state index contributed by atoms with van der Waals surface area (Å²) in [4.78, 5) is 27.3. The fourth-order valence-electron chi connectivity index (χ4n) is 5.12.